The molecule has 1 saturated heterocycles. The Morgan fingerprint density at radius 2 is 2.05 bits per heavy atom. The van der Waals surface area contributed by atoms with Gasteiger partial charge in [-0.1, -0.05) is 18.8 Å². The van der Waals surface area contributed by atoms with Crippen LogP contribution in [-0.2, 0) is 4.74 Å². The van der Waals surface area contributed by atoms with Gasteiger partial charge in [0.15, 0.2) is 0 Å². The van der Waals surface area contributed by atoms with E-state index < -0.39 is 11.2 Å². The van der Waals surface area contributed by atoms with E-state index in [-0.39, 0.29) is 5.92 Å². The molecular weight excluding hydrogens is 276 g/mol. The number of nitriles is 1. The summed E-state index contributed by atoms with van der Waals surface area (Å²) < 4.78 is 5.51. The van der Waals surface area contributed by atoms with Gasteiger partial charge in [0.05, 0.1) is 38.7 Å². The van der Waals surface area contributed by atoms with Crippen LogP contribution in [0.3, 0.4) is 0 Å². The molecule has 0 aromatic heterocycles. The molecule has 1 fully saturated rings. The van der Waals surface area contributed by atoms with Gasteiger partial charge in [0.25, 0.3) is 0 Å². The maximum Gasteiger partial charge on any atom is 0.140 e. The maximum atomic E-state index is 10.7. The molecule has 4 heteroatoms. The first-order valence-electron chi connectivity index (χ1n) is 7.80. The van der Waals surface area contributed by atoms with Crippen LogP contribution in [0, 0.1) is 40.9 Å². The summed E-state index contributed by atoms with van der Waals surface area (Å²) in [4.78, 5) is 1.43. The highest BCUT2D eigenvalue weighted by molar-refractivity contribution is 5.33. The molecule has 1 rings (SSSR count). The highest BCUT2D eigenvalue weighted by Crippen LogP contribution is 2.23. The standard InChI is InChI=1S/C18H26N2O2/c1-15-14-20(5)16(2)13-18(15,21)10-7-6-9-17(3,4)22-12-8-11-19/h15-16,21H,8,12-14H2,1-5H3/p+1/t15-,16+,18-/m1/s1. The summed E-state index contributed by atoms with van der Waals surface area (Å²) in [5, 5.41) is 19.2. The highest BCUT2D eigenvalue weighted by Gasteiger charge is 2.42. The summed E-state index contributed by atoms with van der Waals surface area (Å²) in [5.74, 6) is 11.6. The monoisotopic (exact) mass is 303 g/mol. The lowest BCUT2D eigenvalue weighted by Gasteiger charge is -2.40. The molecule has 1 heterocycles. The molecule has 0 aromatic carbocycles. The lowest BCUT2D eigenvalue weighted by Crippen LogP contribution is -3.15. The summed E-state index contributed by atoms with van der Waals surface area (Å²) in [6, 6.07) is 2.42. The van der Waals surface area contributed by atoms with Crippen molar-refractivity contribution in [3.8, 4) is 29.8 Å². The Bertz CT molecular complexity index is 541. The van der Waals surface area contributed by atoms with Crippen molar-refractivity contribution in [2.45, 2.75) is 57.8 Å². The summed E-state index contributed by atoms with van der Waals surface area (Å²) in [6.07, 6.45) is 1.01. The first-order chi connectivity index (χ1) is 10.2. The minimum absolute atomic E-state index is 0.123. The van der Waals surface area contributed by atoms with Crippen molar-refractivity contribution in [3.63, 3.8) is 0 Å². The summed E-state index contributed by atoms with van der Waals surface area (Å²) in [7, 11) is 2.15. The van der Waals surface area contributed by atoms with Gasteiger partial charge >= 0.3 is 0 Å². The Kier molecular flexibility index (Phi) is 6.46. The van der Waals surface area contributed by atoms with Crippen molar-refractivity contribution in [2.24, 2.45) is 5.92 Å². The minimum Gasteiger partial charge on any atom is -0.377 e. The number of ether oxygens (including phenoxy) is 1. The van der Waals surface area contributed by atoms with Crippen molar-refractivity contribution < 1.29 is 14.7 Å². The van der Waals surface area contributed by atoms with Gasteiger partial charge in [0.1, 0.15) is 11.2 Å². The molecule has 0 saturated carbocycles. The first-order valence-corrected chi connectivity index (χ1v) is 7.80. The van der Waals surface area contributed by atoms with Crippen molar-refractivity contribution in [2.75, 3.05) is 20.2 Å². The summed E-state index contributed by atoms with van der Waals surface area (Å²) >= 11 is 0. The fourth-order valence-electron chi connectivity index (χ4n) is 2.58. The molecule has 2 N–H and O–H groups in total. The van der Waals surface area contributed by atoms with Gasteiger partial charge in [-0.2, -0.15) is 5.26 Å². The lowest BCUT2D eigenvalue weighted by molar-refractivity contribution is -0.915. The van der Waals surface area contributed by atoms with Crippen LogP contribution >= 0.6 is 0 Å². The van der Waals surface area contributed by atoms with E-state index in [0.29, 0.717) is 25.5 Å². The predicted octanol–water partition coefficient (Wildman–Crippen LogP) is 0.376. The van der Waals surface area contributed by atoms with Gasteiger partial charge in [-0.15, -0.1) is 0 Å². The number of piperidine rings is 1. The third kappa shape index (κ3) is 5.36. The Morgan fingerprint density at radius 1 is 1.36 bits per heavy atom. The van der Waals surface area contributed by atoms with Crippen LogP contribution < -0.4 is 4.90 Å². The van der Waals surface area contributed by atoms with E-state index in [2.05, 4.69) is 37.7 Å². The number of hydrogen-bond acceptors (Lipinski definition) is 3. The molecule has 0 bridgehead atoms. The molecule has 0 radical (unpaired) electrons. The summed E-state index contributed by atoms with van der Waals surface area (Å²) in [6.45, 7) is 9.12. The Morgan fingerprint density at radius 3 is 2.68 bits per heavy atom. The molecular formula is C18H27N2O2+. The quantitative estimate of drug-likeness (QED) is 0.585. The molecule has 1 unspecified atom stereocenters. The number of nitrogens with zero attached hydrogens (tertiary/aromatic N) is 1. The number of likely N-dealkylation sites (tertiary alicyclic amines) is 1. The average Bonchev–Trinajstić information content (AvgIpc) is 2.42. The molecule has 4 atom stereocenters. The number of quaternary nitrogens is 1. The third-order valence-electron chi connectivity index (χ3n) is 4.28. The van der Waals surface area contributed by atoms with Gasteiger partial charge in [-0.25, -0.2) is 0 Å². The summed E-state index contributed by atoms with van der Waals surface area (Å²) in [5.41, 5.74) is -1.59. The Balaban J connectivity index is 2.71. The molecule has 0 aliphatic carbocycles. The number of nitrogens with one attached hydrogen (secondary N) is 1. The van der Waals surface area contributed by atoms with Crippen LogP contribution in [0.4, 0.5) is 0 Å². The number of rotatable bonds is 3. The average molecular weight is 303 g/mol. The largest absolute Gasteiger partial charge is 0.377 e. The van der Waals surface area contributed by atoms with E-state index in [1.807, 2.05) is 26.8 Å². The lowest BCUT2D eigenvalue weighted by atomic mass is 9.79. The molecule has 120 valence electrons. The van der Waals surface area contributed by atoms with Crippen LogP contribution in [0.1, 0.15) is 40.5 Å². The van der Waals surface area contributed by atoms with E-state index in [4.69, 9.17) is 10.00 Å². The Hall–Kier alpha value is -1.51. The van der Waals surface area contributed by atoms with Gasteiger partial charge in [0.2, 0.25) is 0 Å². The van der Waals surface area contributed by atoms with E-state index in [9.17, 15) is 5.11 Å². The molecule has 1 aliphatic heterocycles. The van der Waals surface area contributed by atoms with Crippen molar-refractivity contribution in [1.29, 1.82) is 5.26 Å². The zero-order valence-electron chi connectivity index (χ0n) is 14.3. The zero-order chi connectivity index (χ0) is 16.8. The molecule has 0 spiro atoms. The van der Waals surface area contributed by atoms with Crippen LogP contribution in [0.15, 0.2) is 0 Å². The third-order valence-corrected chi connectivity index (χ3v) is 4.28. The van der Waals surface area contributed by atoms with Crippen LogP contribution in [0.2, 0.25) is 0 Å². The SMILES string of the molecule is C[C@@H]1C[NH+](C)[C@@H](C)C[C@]1(O)C#CC#CC(C)(C)OCCC#N. The Labute approximate surface area is 134 Å². The molecule has 22 heavy (non-hydrogen) atoms. The van der Waals surface area contributed by atoms with Crippen molar-refractivity contribution >= 4 is 0 Å². The van der Waals surface area contributed by atoms with Crippen molar-refractivity contribution in [1.82, 2.24) is 0 Å². The fraction of sp³-hybridized carbons (Fsp3) is 0.722. The van der Waals surface area contributed by atoms with Crippen LogP contribution in [0.25, 0.3) is 0 Å². The zero-order valence-corrected chi connectivity index (χ0v) is 14.3. The topological polar surface area (TPSA) is 57.7 Å². The van der Waals surface area contributed by atoms with Gasteiger partial charge in [-0.05, 0) is 32.6 Å². The second-order valence-corrected chi connectivity index (χ2v) is 6.75. The van der Waals surface area contributed by atoms with Crippen molar-refractivity contribution in [3.05, 3.63) is 0 Å². The first kappa shape index (κ1) is 18.5. The fourth-order valence-corrected chi connectivity index (χ4v) is 2.58. The van der Waals surface area contributed by atoms with Crippen LogP contribution in [0.5, 0.6) is 0 Å². The van der Waals surface area contributed by atoms with E-state index in [1.165, 1.54) is 4.90 Å². The molecule has 0 aromatic rings. The second kappa shape index (κ2) is 7.66. The molecule has 4 nitrogen and oxygen atoms in total. The minimum atomic E-state index is -0.959. The van der Waals surface area contributed by atoms with Gasteiger partial charge < -0.3 is 14.7 Å². The highest BCUT2D eigenvalue weighted by atomic mass is 16.5. The van der Waals surface area contributed by atoms with E-state index in [0.717, 1.165) is 6.54 Å². The van der Waals surface area contributed by atoms with E-state index in [1.54, 1.807) is 0 Å². The number of aliphatic hydroxyl groups is 1. The smallest absolute Gasteiger partial charge is 0.140 e. The van der Waals surface area contributed by atoms with Gasteiger partial charge in [-0.3, -0.25) is 0 Å². The predicted molar refractivity (Wildman–Crippen MR) is 85.8 cm³/mol. The molecule has 0 amide bonds. The molecule has 1 aliphatic rings. The normalized spacial score (nSPS) is 31.2. The van der Waals surface area contributed by atoms with Crippen LogP contribution in [-0.4, -0.2) is 42.5 Å². The second-order valence-electron chi connectivity index (χ2n) is 6.75. The van der Waals surface area contributed by atoms with E-state index >= 15 is 0 Å². The maximum absolute atomic E-state index is 10.7. The van der Waals surface area contributed by atoms with Gasteiger partial charge in [0, 0.05) is 12.3 Å². The number of hydrogen-bond donors (Lipinski definition) is 2.